The number of aromatic nitrogens is 2. The number of hydrogen-bond donors (Lipinski definition) is 2. The highest BCUT2D eigenvalue weighted by atomic mass is 32.1. The fourth-order valence-electron chi connectivity index (χ4n) is 4.20. The lowest BCUT2D eigenvalue weighted by Gasteiger charge is -2.37. The highest BCUT2D eigenvalue weighted by Crippen LogP contribution is 2.41. The van der Waals surface area contributed by atoms with Gasteiger partial charge in [0.05, 0.1) is 18.7 Å². The van der Waals surface area contributed by atoms with Crippen molar-refractivity contribution in [3.05, 3.63) is 95.5 Å². The summed E-state index contributed by atoms with van der Waals surface area (Å²) in [4.78, 5) is 6.68. The predicted octanol–water partition coefficient (Wildman–Crippen LogP) is 5.63. The van der Waals surface area contributed by atoms with E-state index in [1.807, 2.05) is 79.4 Å². The zero-order valence-electron chi connectivity index (χ0n) is 19.5. The van der Waals surface area contributed by atoms with E-state index in [0.29, 0.717) is 22.6 Å². The number of nitrogens with one attached hydrogen (secondary N) is 1. The maximum atomic E-state index is 10.5. The van der Waals surface area contributed by atoms with Crippen molar-refractivity contribution < 1.29 is 14.4 Å². The van der Waals surface area contributed by atoms with Gasteiger partial charge in [-0.1, -0.05) is 59.3 Å². The monoisotopic (exact) mass is 484 g/mol. The number of phenols is 1. The molecule has 7 nitrogen and oxygen atoms in total. The first-order valence-electron chi connectivity index (χ1n) is 11.1. The van der Waals surface area contributed by atoms with Crippen LogP contribution in [0.15, 0.2) is 83.0 Å². The van der Waals surface area contributed by atoms with Gasteiger partial charge in [-0.25, -0.2) is 0 Å². The summed E-state index contributed by atoms with van der Waals surface area (Å²) in [6, 6.07) is 22.6. The zero-order chi connectivity index (χ0) is 24.5. The van der Waals surface area contributed by atoms with Crippen LogP contribution in [0.5, 0.6) is 11.5 Å². The van der Waals surface area contributed by atoms with Crippen molar-refractivity contribution in [1.29, 1.82) is 0 Å². The number of rotatable bonds is 5. The van der Waals surface area contributed by atoms with Crippen LogP contribution in [0.4, 0.5) is 5.69 Å². The van der Waals surface area contributed by atoms with Crippen LogP contribution in [0.25, 0.3) is 17.0 Å². The molecular weight excluding hydrogens is 460 g/mol. The molecule has 1 aliphatic rings. The Kier molecular flexibility index (Phi) is 5.96. The smallest absolute Gasteiger partial charge is 0.258 e. The molecule has 0 fully saturated rings. The summed E-state index contributed by atoms with van der Waals surface area (Å²) in [6.45, 7) is 4.00. The summed E-state index contributed by atoms with van der Waals surface area (Å²) >= 11 is 5.77. The number of nitrogens with zero attached hydrogens (tertiary/aromatic N) is 3. The normalized spacial score (nSPS) is 15.8. The molecule has 5 rings (SSSR count). The molecule has 35 heavy (non-hydrogen) atoms. The second kappa shape index (κ2) is 9.23. The van der Waals surface area contributed by atoms with E-state index in [0.717, 1.165) is 33.6 Å². The van der Waals surface area contributed by atoms with Gasteiger partial charge in [-0.2, -0.15) is 4.98 Å². The summed E-state index contributed by atoms with van der Waals surface area (Å²) in [5.41, 5.74) is 5.31. The van der Waals surface area contributed by atoms with Crippen molar-refractivity contribution in [1.82, 2.24) is 15.5 Å². The molecule has 176 valence electrons. The van der Waals surface area contributed by atoms with E-state index in [1.54, 1.807) is 12.1 Å². The maximum absolute atomic E-state index is 10.5. The van der Waals surface area contributed by atoms with Gasteiger partial charge in [-0.3, -0.25) is 4.90 Å². The Hall–Kier alpha value is -4.17. The molecule has 8 heteroatoms. The third-order valence-electron chi connectivity index (χ3n) is 6.00. The number of aryl methyl sites for hydroxylation is 1. The minimum Gasteiger partial charge on any atom is -0.504 e. The lowest BCUT2D eigenvalue weighted by molar-refractivity contribution is 0.372. The van der Waals surface area contributed by atoms with Crippen LogP contribution in [0.2, 0.25) is 0 Å². The largest absolute Gasteiger partial charge is 0.504 e. The molecule has 4 aromatic rings. The molecule has 2 N–H and O–H groups in total. The minimum atomic E-state index is -0.425. The van der Waals surface area contributed by atoms with Gasteiger partial charge < -0.3 is 19.7 Å². The number of methoxy groups -OCH3 is 1. The Balaban J connectivity index is 1.65. The fourth-order valence-corrected chi connectivity index (χ4v) is 4.56. The van der Waals surface area contributed by atoms with Crippen LogP contribution < -0.4 is 15.0 Å². The molecule has 1 aliphatic heterocycles. The van der Waals surface area contributed by atoms with E-state index < -0.39 is 6.04 Å². The molecule has 1 atom stereocenters. The molecule has 0 bridgehead atoms. The second-order valence-corrected chi connectivity index (χ2v) is 8.66. The van der Waals surface area contributed by atoms with Gasteiger partial charge in [0, 0.05) is 16.9 Å². The summed E-state index contributed by atoms with van der Waals surface area (Å²) in [5, 5.41) is 18.6. The maximum Gasteiger partial charge on any atom is 0.258 e. The number of para-hydroxylation sites is 1. The molecule has 0 radical (unpaired) electrons. The van der Waals surface area contributed by atoms with Crippen molar-refractivity contribution in [3.8, 4) is 22.9 Å². The number of thiocarbonyl (C=S) groups is 1. The van der Waals surface area contributed by atoms with Gasteiger partial charge in [-0.15, -0.1) is 0 Å². The van der Waals surface area contributed by atoms with E-state index in [2.05, 4.69) is 10.5 Å². The molecule has 2 heterocycles. The summed E-state index contributed by atoms with van der Waals surface area (Å²) in [6.07, 6.45) is 0. The van der Waals surface area contributed by atoms with Crippen LogP contribution in [-0.2, 0) is 0 Å². The van der Waals surface area contributed by atoms with Gasteiger partial charge in [-0.05, 0) is 55.9 Å². The van der Waals surface area contributed by atoms with Gasteiger partial charge in [0.25, 0.3) is 5.89 Å². The Labute approximate surface area is 208 Å². The molecule has 3 aromatic carbocycles. The number of allylic oxidation sites excluding steroid dienone is 1. The number of benzene rings is 3. The van der Waals surface area contributed by atoms with Crippen LogP contribution in [0.3, 0.4) is 0 Å². The molecule has 0 saturated heterocycles. The standard InChI is InChI=1S/C27H24N4O3S/c1-16-9-11-18(12-10-16)25-29-26(34-30-25)23-17(2)31(20-7-5-4-6-8-20)27(35)28-24(23)19-13-14-22(33-3)21(32)15-19/h4-15,24,32H,1-3H3,(H,28,35). The number of anilines is 1. The van der Waals surface area contributed by atoms with Crippen molar-refractivity contribution in [2.24, 2.45) is 0 Å². The first kappa shape index (κ1) is 22.6. The third kappa shape index (κ3) is 4.24. The number of aromatic hydroxyl groups is 1. The average Bonchev–Trinajstić information content (AvgIpc) is 3.34. The highest BCUT2D eigenvalue weighted by Gasteiger charge is 2.35. The van der Waals surface area contributed by atoms with Crippen molar-refractivity contribution in [3.63, 3.8) is 0 Å². The van der Waals surface area contributed by atoms with Gasteiger partial charge >= 0.3 is 0 Å². The Morgan fingerprint density at radius 1 is 1.03 bits per heavy atom. The van der Waals surface area contributed by atoms with E-state index >= 15 is 0 Å². The van der Waals surface area contributed by atoms with E-state index in [9.17, 15) is 5.11 Å². The van der Waals surface area contributed by atoms with Crippen LogP contribution in [0.1, 0.15) is 30.0 Å². The highest BCUT2D eigenvalue weighted by molar-refractivity contribution is 7.80. The molecule has 0 saturated carbocycles. The molecule has 0 spiro atoms. The van der Waals surface area contributed by atoms with Crippen LogP contribution in [0, 0.1) is 6.92 Å². The third-order valence-corrected chi connectivity index (χ3v) is 6.30. The number of ether oxygens (including phenoxy) is 1. The quantitative estimate of drug-likeness (QED) is 0.353. The van der Waals surface area contributed by atoms with Crippen molar-refractivity contribution in [2.75, 3.05) is 12.0 Å². The average molecular weight is 485 g/mol. The topological polar surface area (TPSA) is 83.7 Å². The Morgan fingerprint density at radius 2 is 1.77 bits per heavy atom. The van der Waals surface area contributed by atoms with Gasteiger partial charge in [0.2, 0.25) is 5.82 Å². The lowest BCUT2D eigenvalue weighted by atomic mass is 9.94. The minimum absolute atomic E-state index is 0.0334. The Bertz CT molecular complexity index is 1410. The molecule has 0 aliphatic carbocycles. The van der Waals surface area contributed by atoms with Crippen molar-refractivity contribution >= 4 is 28.6 Å². The summed E-state index contributed by atoms with van der Waals surface area (Å²) in [7, 11) is 1.51. The Morgan fingerprint density at radius 3 is 2.46 bits per heavy atom. The molecular formula is C27H24N4O3S. The predicted molar refractivity (Wildman–Crippen MR) is 139 cm³/mol. The zero-order valence-corrected chi connectivity index (χ0v) is 20.3. The summed E-state index contributed by atoms with van der Waals surface area (Å²) in [5.74, 6) is 1.29. The van der Waals surface area contributed by atoms with Crippen LogP contribution >= 0.6 is 12.2 Å². The fraction of sp³-hybridized carbons (Fsp3) is 0.148. The summed E-state index contributed by atoms with van der Waals surface area (Å²) < 4.78 is 11.0. The molecule has 0 amide bonds. The van der Waals surface area contributed by atoms with E-state index in [1.165, 1.54) is 7.11 Å². The molecule has 1 aromatic heterocycles. The number of hydrogen-bond acceptors (Lipinski definition) is 6. The SMILES string of the molecule is COc1ccc(C2NC(=S)N(c3ccccc3)C(C)=C2c2nc(-c3ccc(C)cc3)no2)cc1O. The van der Waals surface area contributed by atoms with Crippen LogP contribution in [-0.4, -0.2) is 27.5 Å². The van der Waals surface area contributed by atoms with Crippen molar-refractivity contribution in [2.45, 2.75) is 19.9 Å². The first-order chi connectivity index (χ1) is 17.0. The van der Waals surface area contributed by atoms with Gasteiger partial charge in [0.15, 0.2) is 16.6 Å². The lowest BCUT2D eigenvalue weighted by Crippen LogP contribution is -2.46. The van der Waals surface area contributed by atoms with E-state index in [4.69, 9.17) is 26.5 Å². The van der Waals surface area contributed by atoms with E-state index in [-0.39, 0.29) is 5.75 Å². The van der Waals surface area contributed by atoms with Gasteiger partial charge in [0.1, 0.15) is 0 Å². The second-order valence-electron chi connectivity index (χ2n) is 8.27. The number of phenolic OH excluding ortho intramolecular Hbond substituents is 1. The molecule has 1 unspecified atom stereocenters. The first-order valence-corrected chi connectivity index (χ1v) is 11.5.